The smallest absolute Gasteiger partial charge is 0.282 e. The van der Waals surface area contributed by atoms with E-state index in [1.54, 1.807) is 8.61 Å². The molecule has 0 radical (unpaired) electrons. The Morgan fingerprint density at radius 3 is 2.41 bits per heavy atom. The Labute approximate surface area is 174 Å². The summed E-state index contributed by atoms with van der Waals surface area (Å²) in [5, 5.41) is 0. The van der Waals surface area contributed by atoms with E-state index in [9.17, 15) is 8.42 Å². The van der Waals surface area contributed by atoms with Crippen LogP contribution in [0.3, 0.4) is 0 Å². The van der Waals surface area contributed by atoms with Gasteiger partial charge in [-0.15, -0.1) is 0 Å². The van der Waals surface area contributed by atoms with Crippen molar-refractivity contribution >= 4 is 15.9 Å². The van der Waals surface area contributed by atoms with E-state index in [4.69, 9.17) is 9.47 Å². The first-order valence-electron chi connectivity index (χ1n) is 10.6. The van der Waals surface area contributed by atoms with Gasteiger partial charge in [0.25, 0.3) is 10.2 Å². The van der Waals surface area contributed by atoms with E-state index in [-0.39, 0.29) is 11.5 Å². The Hall–Kier alpha value is -1.35. The van der Waals surface area contributed by atoms with Crippen molar-refractivity contribution in [1.82, 2.24) is 8.61 Å². The lowest BCUT2D eigenvalue weighted by molar-refractivity contribution is 0.0700. The molecule has 0 spiro atoms. The van der Waals surface area contributed by atoms with Gasteiger partial charge in [0.1, 0.15) is 5.75 Å². The molecule has 162 valence electrons. The normalized spacial score (nSPS) is 28.3. The Kier molecular flexibility index (Phi) is 5.81. The third-order valence-corrected chi connectivity index (χ3v) is 8.46. The average molecular weight is 424 g/mol. The number of morpholine rings is 1. The van der Waals surface area contributed by atoms with Crippen molar-refractivity contribution in [1.29, 1.82) is 0 Å². The molecule has 4 aliphatic heterocycles. The van der Waals surface area contributed by atoms with Crippen molar-refractivity contribution in [3.8, 4) is 5.75 Å². The van der Waals surface area contributed by atoms with E-state index >= 15 is 0 Å². The van der Waals surface area contributed by atoms with Gasteiger partial charge in [-0.1, -0.05) is 13.8 Å². The summed E-state index contributed by atoms with van der Waals surface area (Å²) in [7, 11) is -3.46. The minimum Gasteiger partial charge on any atom is -0.494 e. The molecule has 7 nitrogen and oxygen atoms in total. The molecule has 2 unspecified atom stereocenters. The largest absolute Gasteiger partial charge is 0.494 e. The number of hydrogen-bond acceptors (Lipinski definition) is 5. The number of nitrogens with zero attached hydrogens (tertiary/aromatic N) is 3. The molecule has 8 heteroatoms. The maximum atomic E-state index is 13.3. The number of anilines is 1. The highest BCUT2D eigenvalue weighted by Crippen LogP contribution is 2.44. The Bertz CT molecular complexity index is 806. The number of piperidine rings is 1. The van der Waals surface area contributed by atoms with Crippen molar-refractivity contribution in [2.24, 2.45) is 11.3 Å². The highest BCUT2D eigenvalue weighted by molar-refractivity contribution is 7.86. The van der Waals surface area contributed by atoms with Crippen LogP contribution in [-0.4, -0.2) is 75.6 Å². The van der Waals surface area contributed by atoms with Gasteiger partial charge in [-0.05, 0) is 48.9 Å². The fourth-order valence-corrected chi connectivity index (χ4v) is 6.78. The molecule has 4 saturated heterocycles. The Morgan fingerprint density at radius 1 is 1.07 bits per heavy atom. The van der Waals surface area contributed by atoms with Crippen LogP contribution in [0, 0.1) is 11.3 Å². The Balaban J connectivity index is 1.60. The summed E-state index contributed by atoms with van der Waals surface area (Å²) in [4.78, 5) is 2.42. The zero-order chi connectivity index (χ0) is 20.6. The molecule has 4 aliphatic rings. The third-order valence-electron chi connectivity index (χ3n) is 6.49. The molecular weight excluding hydrogens is 390 g/mol. The van der Waals surface area contributed by atoms with Crippen molar-refractivity contribution in [2.45, 2.75) is 33.2 Å². The van der Waals surface area contributed by atoms with Crippen LogP contribution < -0.4 is 9.64 Å². The highest BCUT2D eigenvalue weighted by Gasteiger charge is 2.49. The number of fused-ring (bicyclic) bond motifs is 4. The van der Waals surface area contributed by atoms with Crippen LogP contribution in [0.25, 0.3) is 0 Å². The van der Waals surface area contributed by atoms with Gasteiger partial charge in [0.15, 0.2) is 0 Å². The summed E-state index contributed by atoms with van der Waals surface area (Å²) in [5.74, 6) is 1.18. The molecule has 2 atom stereocenters. The first-order valence-corrected chi connectivity index (χ1v) is 12.0. The molecule has 0 amide bonds. The van der Waals surface area contributed by atoms with Crippen LogP contribution in [0.4, 0.5) is 5.69 Å². The lowest BCUT2D eigenvalue weighted by Gasteiger charge is -2.48. The molecular formula is C21H33N3O4S. The van der Waals surface area contributed by atoms with Crippen molar-refractivity contribution in [3.63, 3.8) is 0 Å². The van der Waals surface area contributed by atoms with Crippen LogP contribution in [-0.2, 0) is 14.9 Å². The molecule has 29 heavy (non-hydrogen) atoms. The van der Waals surface area contributed by atoms with Crippen LogP contribution in [0.2, 0.25) is 0 Å². The quantitative estimate of drug-likeness (QED) is 0.727. The van der Waals surface area contributed by atoms with Gasteiger partial charge in [0, 0.05) is 44.5 Å². The van der Waals surface area contributed by atoms with E-state index in [1.165, 1.54) is 0 Å². The molecule has 1 aromatic rings. The van der Waals surface area contributed by atoms with Gasteiger partial charge in [0.2, 0.25) is 0 Å². The van der Waals surface area contributed by atoms with Crippen molar-refractivity contribution in [2.75, 3.05) is 57.4 Å². The molecule has 2 bridgehead atoms. The number of rotatable bonds is 5. The molecule has 0 aliphatic carbocycles. The zero-order valence-corrected chi connectivity index (χ0v) is 18.5. The maximum Gasteiger partial charge on any atom is 0.282 e. The predicted molar refractivity (Wildman–Crippen MR) is 114 cm³/mol. The van der Waals surface area contributed by atoms with Crippen LogP contribution in [0.5, 0.6) is 5.75 Å². The van der Waals surface area contributed by atoms with Crippen molar-refractivity contribution in [3.05, 3.63) is 24.3 Å². The van der Waals surface area contributed by atoms with Gasteiger partial charge in [-0.3, -0.25) is 0 Å². The monoisotopic (exact) mass is 423 g/mol. The summed E-state index contributed by atoms with van der Waals surface area (Å²) in [6.45, 7) is 11.0. The third kappa shape index (κ3) is 4.13. The summed E-state index contributed by atoms with van der Waals surface area (Å²) in [5.41, 5.74) is 1.18. The van der Waals surface area contributed by atoms with Gasteiger partial charge < -0.3 is 14.4 Å². The minimum atomic E-state index is -3.46. The second-order valence-corrected chi connectivity index (χ2v) is 10.9. The van der Waals surface area contributed by atoms with E-state index in [0.717, 1.165) is 24.4 Å². The fraction of sp³-hybridized carbons (Fsp3) is 0.714. The Morgan fingerprint density at radius 2 is 1.76 bits per heavy atom. The molecule has 1 aromatic carbocycles. The lowest BCUT2D eigenvalue weighted by atomic mass is 9.73. The summed E-state index contributed by atoms with van der Waals surface area (Å²) in [6.07, 6.45) is 1.04. The van der Waals surface area contributed by atoms with E-state index in [0.29, 0.717) is 51.9 Å². The fourth-order valence-electron chi connectivity index (χ4n) is 5.11. The maximum absolute atomic E-state index is 13.3. The van der Waals surface area contributed by atoms with Crippen LogP contribution in [0.1, 0.15) is 27.2 Å². The van der Waals surface area contributed by atoms with E-state index in [1.807, 2.05) is 19.1 Å². The number of ether oxygens (including phenoxy) is 2. The minimum absolute atomic E-state index is 0.0385. The molecule has 0 aromatic heterocycles. The molecule has 0 saturated carbocycles. The molecule has 0 N–H and O–H groups in total. The zero-order valence-electron chi connectivity index (χ0n) is 17.7. The van der Waals surface area contributed by atoms with E-state index in [2.05, 4.69) is 30.9 Å². The molecule has 4 heterocycles. The summed E-state index contributed by atoms with van der Waals surface area (Å²) < 4.78 is 41.0. The standard InChI is InChI=1S/C21H33N3O4S/c1-4-28-19-7-5-18(6-8-19)24-15-17-13-21(2,3)20(24)16-23(14-17)29(25,26)22-9-11-27-12-10-22/h5-8,17,20H,4,9-16H2,1-3H3. The topological polar surface area (TPSA) is 62.3 Å². The SMILES string of the molecule is CCOc1ccc(N2CC3CN(S(=O)(=O)N4CCOCC4)CC2C(C)(C)C3)cc1. The van der Waals surface area contributed by atoms with Gasteiger partial charge in [0.05, 0.1) is 19.8 Å². The second-order valence-electron chi connectivity index (χ2n) is 8.99. The lowest BCUT2D eigenvalue weighted by Crippen LogP contribution is -2.55. The van der Waals surface area contributed by atoms with Gasteiger partial charge >= 0.3 is 0 Å². The first-order chi connectivity index (χ1) is 13.8. The van der Waals surface area contributed by atoms with Crippen molar-refractivity contribution < 1.29 is 17.9 Å². The molecule has 5 rings (SSSR count). The van der Waals surface area contributed by atoms with Crippen LogP contribution >= 0.6 is 0 Å². The van der Waals surface area contributed by atoms with Gasteiger partial charge in [-0.2, -0.15) is 17.0 Å². The van der Waals surface area contributed by atoms with Crippen LogP contribution in [0.15, 0.2) is 24.3 Å². The number of hydrogen-bond donors (Lipinski definition) is 0. The first kappa shape index (κ1) is 20.9. The summed E-state index contributed by atoms with van der Waals surface area (Å²) >= 11 is 0. The van der Waals surface area contributed by atoms with Gasteiger partial charge in [-0.25, -0.2) is 0 Å². The number of benzene rings is 1. The average Bonchev–Trinajstić information content (AvgIpc) is 2.97. The second kappa shape index (κ2) is 8.06. The predicted octanol–water partition coefficient (Wildman–Crippen LogP) is 2.20. The summed E-state index contributed by atoms with van der Waals surface area (Å²) in [6, 6.07) is 8.35. The van der Waals surface area contributed by atoms with E-state index < -0.39 is 10.2 Å². The molecule has 4 fully saturated rings. The highest BCUT2D eigenvalue weighted by atomic mass is 32.2.